The van der Waals surface area contributed by atoms with Gasteiger partial charge in [-0.3, -0.25) is 0 Å². The van der Waals surface area contributed by atoms with Gasteiger partial charge >= 0.3 is 6.18 Å². The van der Waals surface area contributed by atoms with E-state index in [1.165, 1.54) is 12.1 Å². The summed E-state index contributed by atoms with van der Waals surface area (Å²) in [6.45, 7) is 1.82. The third-order valence-electron chi connectivity index (χ3n) is 1.83. The van der Waals surface area contributed by atoms with Gasteiger partial charge in [-0.1, -0.05) is 21.9 Å². The zero-order chi connectivity index (χ0) is 12.2. The first-order valence-electron chi connectivity index (χ1n) is 4.45. The Kier molecular flexibility index (Phi) is 4.25. The minimum Gasteiger partial charge on any atom is -0.374 e. The Balaban J connectivity index is 3.02. The Hall–Kier alpha value is -1.15. The summed E-state index contributed by atoms with van der Waals surface area (Å²) >= 11 is 3.13. The second-order valence-corrected chi connectivity index (χ2v) is 3.88. The molecule has 1 aromatic carbocycles. The van der Waals surface area contributed by atoms with Crippen LogP contribution in [0.15, 0.2) is 22.7 Å². The molecule has 0 spiro atoms. The van der Waals surface area contributed by atoms with Crippen LogP contribution in [0.4, 0.5) is 18.9 Å². The summed E-state index contributed by atoms with van der Waals surface area (Å²) in [7, 11) is 0. The minimum atomic E-state index is -4.36. The zero-order valence-corrected chi connectivity index (χ0v) is 10.0. The van der Waals surface area contributed by atoms with E-state index >= 15 is 0 Å². The van der Waals surface area contributed by atoms with E-state index in [2.05, 4.69) is 33.1 Å². The van der Waals surface area contributed by atoms with Crippen LogP contribution in [-0.4, -0.2) is 6.54 Å². The van der Waals surface area contributed by atoms with Gasteiger partial charge in [-0.2, -0.15) is 13.2 Å². The highest BCUT2D eigenvalue weighted by Gasteiger charge is 2.33. The summed E-state index contributed by atoms with van der Waals surface area (Å²) in [6.07, 6.45) is -4.36. The number of nitrogens with one attached hydrogen (secondary N) is 1. The lowest BCUT2D eigenvalue weighted by Crippen LogP contribution is -2.11. The van der Waals surface area contributed by atoms with E-state index in [1.54, 1.807) is 6.92 Å². The molecule has 5 heteroatoms. The highest BCUT2D eigenvalue weighted by molar-refractivity contribution is 9.10. The van der Waals surface area contributed by atoms with Crippen LogP contribution in [0.5, 0.6) is 0 Å². The summed E-state index contributed by atoms with van der Waals surface area (Å²) in [5.74, 6) is 5.26. The van der Waals surface area contributed by atoms with Crippen molar-refractivity contribution in [2.45, 2.75) is 13.1 Å². The van der Waals surface area contributed by atoms with Crippen LogP contribution in [0.2, 0.25) is 0 Å². The average molecular weight is 292 g/mol. The quantitative estimate of drug-likeness (QED) is 0.815. The molecule has 0 unspecified atom stereocenters. The first kappa shape index (κ1) is 12.9. The van der Waals surface area contributed by atoms with Gasteiger partial charge in [-0.25, -0.2) is 0 Å². The highest BCUT2D eigenvalue weighted by atomic mass is 79.9. The van der Waals surface area contributed by atoms with Crippen LogP contribution < -0.4 is 5.32 Å². The van der Waals surface area contributed by atoms with E-state index in [0.717, 1.165) is 6.07 Å². The third-order valence-corrected chi connectivity index (χ3v) is 2.32. The summed E-state index contributed by atoms with van der Waals surface area (Å²) in [5.41, 5.74) is -0.654. The fraction of sp³-hybridized carbons (Fsp3) is 0.273. The number of alkyl halides is 3. The Bertz CT molecular complexity index is 429. The molecule has 0 fully saturated rings. The van der Waals surface area contributed by atoms with Crippen molar-refractivity contribution in [1.29, 1.82) is 0 Å². The van der Waals surface area contributed by atoms with Crippen molar-refractivity contribution in [3.8, 4) is 11.8 Å². The van der Waals surface area contributed by atoms with Crippen molar-refractivity contribution in [3.05, 3.63) is 28.2 Å². The Labute approximate surface area is 100 Å². The van der Waals surface area contributed by atoms with Crippen LogP contribution >= 0.6 is 15.9 Å². The average Bonchev–Trinajstić information content (AvgIpc) is 2.16. The second kappa shape index (κ2) is 5.26. The molecule has 1 nitrogen and oxygen atoms in total. The van der Waals surface area contributed by atoms with Crippen molar-refractivity contribution < 1.29 is 13.2 Å². The van der Waals surface area contributed by atoms with E-state index in [4.69, 9.17) is 0 Å². The molecular weight excluding hydrogens is 283 g/mol. The molecule has 0 amide bonds. The second-order valence-electron chi connectivity index (χ2n) is 2.97. The maximum Gasteiger partial charge on any atom is 0.418 e. The van der Waals surface area contributed by atoms with Crippen LogP contribution in [0.3, 0.4) is 0 Å². The Morgan fingerprint density at radius 3 is 2.62 bits per heavy atom. The van der Waals surface area contributed by atoms with Gasteiger partial charge in [0.2, 0.25) is 0 Å². The lowest BCUT2D eigenvalue weighted by atomic mass is 10.1. The maximum atomic E-state index is 12.6. The van der Waals surface area contributed by atoms with Gasteiger partial charge in [0, 0.05) is 10.2 Å². The van der Waals surface area contributed by atoms with Gasteiger partial charge in [-0.15, -0.1) is 5.92 Å². The molecule has 0 bridgehead atoms. The fourth-order valence-electron chi connectivity index (χ4n) is 1.14. The molecule has 0 saturated carbocycles. The van der Waals surface area contributed by atoms with E-state index in [1.807, 2.05) is 0 Å². The SMILES string of the molecule is CC#CCNc1cc(Br)ccc1C(F)(F)F. The van der Waals surface area contributed by atoms with Crippen LogP contribution in [0, 0.1) is 11.8 Å². The van der Waals surface area contributed by atoms with Crippen molar-refractivity contribution in [3.63, 3.8) is 0 Å². The van der Waals surface area contributed by atoms with Crippen molar-refractivity contribution in [2.24, 2.45) is 0 Å². The number of rotatable bonds is 2. The molecular formula is C11H9BrF3N. The van der Waals surface area contributed by atoms with Crippen LogP contribution in [0.25, 0.3) is 0 Å². The van der Waals surface area contributed by atoms with Crippen LogP contribution in [0.1, 0.15) is 12.5 Å². The summed E-state index contributed by atoms with van der Waals surface area (Å²) < 4.78 is 38.4. The standard InChI is InChI=1S/C11H9BrF3N/c1-2-3-6-16-10-7-8(12)4-5-9(10)11(13,14)15/h4-5,7,16H,6H2,1H3. The molecule has 1 rings (SSSR count). The van der Waals surface area contributed by atoms with E-state index in [9.17, 15) is 13.2 Å². The monoisotopic (exact) mass is 291 g/mol. The molecule has 0 aliphatic carbocycles. The van der Waals surface area contributed by atoms with E-state index in [-0.39, 0.29) is 12.2 Å². The largest absolute Gasteiger partial charge is 0.418 e. The van der Waals surface area contributed by atoms with Crippen LogP contribution in [-0.2, 0) is 6.18 Å². The molecule has 0 atom stereocenters. The molecule has 16 heavy (non-hydrogen) atoms. The Morgan fingerprint density at radius 1 is 1.38 bits per heavy atom. The number of halogens is 4. The molecule has 0 saturated heterocycles. The predicted octanol–water partition coefficient (Wildman–Crippen LogP) is 3.90. The normalized spacial score (nSPS) is 10.6. The topological polar surface area (TPSA) is 12.0 Å². The lowest BCUT2D eigenvalue weighted by molar-refractivity contribution is -0.136. The molecule has 1 N–H and O–H groups in total. The smallest absolute Gasteiger partial charge is 0.374 e. The number of hydrogen-bond acceptors (Lipinski definition) is 1. The summed E-state index contributed by atoms with van der Waals surface area (Å²) in [6, 6.07) is 3.78. The molecule has 1 aromatic rings. The fourth-order valence-corrected chi connectivity index (χ4v) is 1.50. The molecule has 0 aliphatic rings. The molecule has 0 aliphatic heterocycles. The van der Waals surface area contributed by atoms with Crippen molar-refractivity contribution in [1.82, 2.24) is 0 Å². The lowest BCUT2D eigenvalue weighted by Gasteiger charge is -2.13. The number of hydrogen-bond donors (Lipinski definition) is 1. The highest BCUT2D eigenvalue weighted by Crippen LogP contribution is 2.36. The molecule has 86 valence electrons. The molecule has 0 radical (unpaired) electrons. The first-order valence-corrected chi connectivity index (χ1v) is 5.24. The van der Waals surface area contributed by atoms with Gasteiger partial charge in [0.25, 0.3) is 0 Å². The maximum absolute atomic E-state index is 12.6. The van der Waals surface area contributed by atoms with Crippen molar-refractivity contribution >= 4 is 21.6 Å². The van der Waals surface area contributed by atoms with Gasteiger partial charge in [0.05, 0.1) is 12.1 Å². The zero-order valence-electron chi connectivity index (χ0n) is 8.45. The van der Waals surface area contributed by atoms with Gasteiger partial charge in [-0.05, 0) is 25.1 Å². The third kappa shape index (κ3) is 3.46. The van der Waals surface area contributed by atoms with Gasteiger partial charge in [0.15, 0.2) is 0 Å². The minimum absolute atomic E-state index is 0.0321. The Morgan fingerprint density at radius 2 is 2.06 bits per heavy atom. The van der Waals surface area contributed by atoms with Gasteiger partial charge in [0.1, 0.15) is 0 Å². The summed E-state index contributed by atoms with van der Waals surface area (Å²) in [5, 5.41) is 2.64. The molecule has 0 aromatic heterocycles. The number of benzene rings is 1. The molecule has 0 heterocycles. The summed E-state index contributed by atoms with van der Waals surface area (Å²) in [4.78, 5) is 0. The first-order chi connectivity index (χ1) is 7.45. The number of anilines is 1. The van der Waals surface area contributed by atoms with E-state index < -0.39 is 11.7 Å². The predicted molar refractivity (Wildman–Crippen MR) is 61.1 cm³/mol. The van der Waals surface area contributed by atoms with Gasteiger partial charge < -0.3 is 5.32 Å². The van der Waals surface area contributed by atoms with E-state index in [0.29, 0.717) is 4.47 Å². The van der Waals surface area contributed by atoms with Crippen molar-refractivity contribution in [2.75, 3.05) is 11.9 Å².